The molecule has 0 aliphatic carbocycles. The molecule has 0 aliphatic heterocycles. The quantitative estimate of drug-likeness (QED) is 0.343. The first-order chi connectivity index (χ1) is 4.18. The number of allylic oxidation sites excluding steroid dienone is 2. The van der Waals surface area contributed by atoms with E-state index < -0.39 is 0 Å². The minimum absolute atomic E-state index is 0.531. The van der Waals surface area contributed by atoms with Crippen LogP contribution in [-0.4, -0.2) is 11.4 Å². The van der Waals surface area contributed by atoms with Crippen LogP contribution in [0.15, 0.2) is 16.8 Å². The first-order valence-electron chi connectivity index (χ1n) is 3.02. The fourth-order valence-corrected chi connectivity index (χ4v) is 0.343. The first-order valence-corrected chi connectivity index (χ1v) is 3.02. The van der Waals surface area contributed by atoms with Gasteiger partial charge in [0, 0.05) is 0 Å². The van der Waals surface area contributed by atoms with Gasteiger partial charge in [0.15, 0.2) is 0 Å². The SMILES string of the molecule is CC(=CC=NO)C(C)C. The maximum Gasteiger partial charge on any atom is 0.0661 e. The van der Waals surface area contributed by atoms with Gasteiger partial charge in [-0.05, 0) is 18.9 Å². The highest BCUT2D eigenvalue weighted by Crippen LogP contribution is 2.05. The van der Waals surface area contributed by atoms with Crippen LogP contribution < -0.4 is 0 Å². The van der Waals surface area contributed by atoms with Gasteiger partial charge in [0.05, 0.1) is 6.21 Å². The second-order valence-electron chi connectivity index (χ2n) is 2.33. The van der Waals surface area contributed by atoms with E-state index in [2.05, 4.69) is 19.0 Å². The van der Waals surface area contributed by atoms with Gasteiger partial charge in [0.2, 0.25) is 0 Å². The Bertz CT molecular complexity index is 125. The van der Waals surface area contributed by atoms with Gasteiger partial charge in [-0.2, -0.15) is 0 Å². The standard InChI is InChI=1S/C7H13NO/c1-6(2)7(3)4-5-8-9/h4-6,9H,1-3H3. The molecule has 9 heavy (non-hydrogen) atoms. The van der Waals surface area contributed by atoms with Gasteiger partial charge in [-0.1, -0.05) is 24.6 Å². The van der Waals surface area contributed by atoms with Crippen molar-refractivity contribution in [3.8, 4) is 0 Å². The monoisotopic (exact) mass is 127 g/mol. The maximum atomic E-state index is 8.02. The summed E-state index contributed by atoms with van der Waals surface area (Å²) in [6.45, 7) is 6.19. The molecule has 0 unspecified atom stereocenters. The summed E-state index contributed by atoms with van der Waals surface area (Å²) in [4.78, 5) is 0. The summed E-state index contributed by atoms with van der Waals surface area (Å²) in [5, 5.41) is 10.9. The molecule has 0 spiro atoms. The lowest BCUT2D eigenvalue weighted by Gasteiger charge is -2.00. The Balaban J connectivity index is 3.84. The summed E-state index contributed by atoms with van der Waals surface area (Å²) >= 11 is 0. The molecule has 0 atom stereocenters. The molecule has 0 rings (SSSR count). The van der Waals surface area contributed by atoms with Gasteiger partial charge >= 0.3 is 0 Å². The molecule has 52 valence electrons. The highest BCUT2D eigenvalue weighted by Gasteiger charge is 1.92. The number of hydrogen-bond donors (Lipinski definition) is 1. The van der Waals surface area contributed by atoms with Crippen molar-refractivity contribution in [3.63, 3.8) is 0 Å². The molecule has 0 saturated carbocycles. The number of nitrogens with zero attached hydrogens (tertiary/aromatic N) is 1. The fourth-order valence-electron chi connectivity index (χ4n) is 0.343. The van der Waals surface area contributed by atoms with E-state index in [9.17, 15) is 0 Å². The molecule has 0 amide bonds. The van der Waals surface area contributed by atoms with Gasteiger partial charge in [-0.15, -0.1) is 0 Å². The zero-order valence-electron chi connectivity index (χ0n) is 6.13. The van der Waals surface area contributed by atoms with Crippen molar-refractivity contribution in [3.05, 3.63) is 11.6 Å². The zero-order chi connectivity index (χ0) is 7.28. The fraction of sp³-hybridized carbons (Fsp3) is 0.571. The molecule has 0 bridgehead atoms. The van der Waals surface area contributed by atoms with Crippen molar-refractivity contribution in [1.82, 2.24) is 0 Å². The van der Waals surface area contributed by atoms with Crippen LogP contribution in [0.4, 0.5) is 0 Å². The van der Waals surface area contributed by atoms with Gasteiger partial charge < -0.3 is 5.21 Å². The van der Waals surface area contributed by atoms with Crippen LogP contribution in [0.2, 0.25) is 0 Å². The molecule has 0 heterocycles. The Hall–Kier alpha value is -0.790. The van der Waals surface area contributed by atoms with E-state index in [1.165, 1.54) is 11.8 Å². The largest absolute Gasteiger partial charge is 0.411 e. The lowest BCUT2D eigenvalue weighted by atomic mass is 10.1. The van der Waals surface area contributed by atoms with Crippen molar-refractivity contribution >= 4 is 6.21 Å². The molecular formula is C7H13NO. The van der Waals surface area contributed by atoms with E-state index in [4.69, 9.17) is 5.21 Å². The molecule has 0 aromatic heterocycles. The third-order valence-electron chi connectivity index (χ3n) is 1.31. The molecule has 0 fully saturated rings. The third-order valence-corrected chi connectivity index (χ3v) is 1.31. The summed E-state index contributed by atoms with van der Waals surface area (Å²) in [6.07, 6.45) is 3.18. The van der Waals surface area contributed by atoms with Crippen molar-refractivity contribution in [2.24, 2.45) is 11.1 Å². The maximum absolute atomic E-state index is 8.02. The van der Waals surface area contributed by atoms with Crippen molar-refractivity contribution in [2.45, 2.75) is 20.8 Å². The van der Waals surface area contributed by atoms with Crippen LogP contribution in [0.25, 0.3) is 0 Å². The Morgan fingerprint density at radius 1 is 1.56 bits per heavy atom. The minimum Gasteiger partial charge on any atom is -0.411 e. The molecule has 0 aliphatic rings. The Morgan fingerprint density at radius 2 is 2.11 bits per heavy atom. The molecule has 0 radical (unpaired) electrons. The topological polar surface area (TPSA) is 32.6 Å². The normalized spacial score (nSPS) is 13.6. The number of hydrogen-bond acceptors (Lipinski definition) is 2. The van der Waals surface area contributed by atoms with Crippen LogP contribution in [0.5, 0.6) is 0 Å². The third kappa shape index (κ3) is 3.76. The van der Waals surface area contributed by atoms with E-state index in [0.717, 1.165) is 0 Å². The molecule has 2 nitrogen and oxygen atoms in total. The van der Waals surface area contributed by atoms with E-state index in [1.807, 2.05) is 6.92 Å². The van der Waals surface area contributed by atoms with E-state index >= 15 is 0 Å². The van der Waals surface area contributed by atoms with Crippen molar-refractivity contribution in [2.75, 3.05) is 0 Å². The van der Waals surface area contributed by atoms with Crippen molar-refractivity contribution < 1.29 is 5.21 Å². The Morgan fingerprint density at radius 3 is 2.44 bits per heavy atom. The van der Waals surface area contributed by atoms with Crippen LogP contribution in [0.1, 0.15) is 20.8 Å². The smallest absolute Gasteiger partial charge is 0.0661 e. The molecule has 1 N–H and O–H groups in total. The number of rotatable bonds is 2. The summed E-state index contributed by atoms with van der Waals surface area (Å²) in [7, 11) is 0. The van der Waals surface area contributed by atoms with Gasteiger partial charge in [0.25, 0.3) is 0 Å². The molecule has 0 saturated heterocycles. The molecular weight excluding hydrogens is 114 g/mol. The highest BCUT2D eigenvalue weighted by atomic mass is 16.4. The van der Waals surface area contributed by atoms with Gasteiger partial charge in [-0.3, -0.25) is 0 Å². The summed E-state index contributed by atoms with van der Waals surface area (Å²) in [5.74, 6) is 0.531. The highest BCUT2D eigenvalue weighted by molar-refractivity contribution is 5.71. The van der Waals surface area contributed by atoms with Crippen molar-refractivity contribution in [1.29, 1.82) is 0 Å². The number of oxime groups is 1. The molecule has 0 aromatic rings. The summed E-state index contributed by atoms with van der Waals surface area (Å²) < 4.78 is 0. The predicted molar refractivity (Wildman–Crippen MR) is 38.9 cm³/mol. The summed E-state index contributed by atoms with van der Waals surface area (Å²) in [6, 6.07) is 0. The van der Waals surface area contributed by atoms with Gasteiger partial charge in [-0.25, -0.2) is 0 Å². The average molecular weight is 127 g/mol. The zero-order valence-corrected chi connectivity index (χ0v) is 6.13. The van der Waals surface area contributed by atoms with Crippen LogP contribution in [0.3, 0.4) is 0 Å². The minimum atomic E-state index is 0.531. The Kier molecular flexibility index (Phi) is 3.76. The lowest BCUT2D eigenvalue weighted by molar-refractivity contribution is 0.322. The predicted octanol–water partition coefficient (Wildman–Crippen LogP) is 2.05. The van der Waals surface area contributed by atoms with E-state index in [1.54, 1.807) is 6.08 Å². The molecule has 0 aromatic carbocycles. The van der Waals surface area contributed by atoms with Crippen LogP contribution in [-0.2, 0) is 0 Å². The van der Waals surface area contributed by atoms with Crippen LogP contribution in [0, 0.1) is 5.92 Å². The van der Waals surface area contributed by atoms with Crippen LogP contribution >= 0.6 is 0 Å². The second-order valence-corrected chi connectivity index (χ2v) is 2.33. The van der Waals surface area contributed by atoms with E-state index in [0.29, 0.717) is 5.92 Å². The molecule has 2 heteroatoms. The summed E-state index contributed by atoms with van der Waals surface area (Å²) in [5.41, 5.74) is 1.22. The van der Waals surface area contributed by atoms with E-state index in [-0.39, 0.29) is 0 Å². The lowest BCUT2D eigenvalue weighted by Crippen LogP contribution is -1.87. The first kappa shape index (κ1) is 8.21. The second kappa shape index (κ2) is 4.13. The average Bonchev–Trinajstić information content (AvgIpc) is 1.82. The Labute approximate surface area is 55.9 Å². The van der Waals surface area contributed by atoms with Gasteiger partial charge in [0.1, 0.15) is 0 Å².